The second-order valence-corrected chi connectivity index (χ2v) is 10.9. The normalized spacial score (nSPS) is 40.8. The predicted octanol–water partition coefficient (Wildman–Crippen LogP) is 4.96. The number of ketones is 1. The van der Waals surface area contributed by atoms with E-state index in [0.29, 0.717) is 36.4 Å². The number of rotatable bonds is 7. The van der Waals surface area contributed by atoms with Gasteiger partial charge in [0.25, 0.3) is 6.43 Å². The summed E-state index contributed by atoms with van der Waals surface area (Å²) in [6, 6.07) is 0. The van der Waals surface area contributed by atoms with Crippen LogP contribution in [0.25, 0.3) is 0 Å². The lowest BCUT2D eigenvalue weighted by molar-refractivity contribution is -0.136. The third-order valence-corrected chi connectivity index (χ3v) is 9.23. The lowest BCUT2D eigenvalue weighted by Gasteiger charge is -2.46. The molecule has 0 saturated heterocycles. The summed E-state index contributed by atoms with van der Waals surface area (Å²) in [4.78, 5) is 17.2. The van der Waals surface area contributed by atoms with Crippen LogP contribution in [0.4, 0.5) is 8.78 Å². The Morgan fingerprint density at radius 3 is 2.71 bits per heavy atom. The van der Waals surface area contributed by atoms with Crippen LogP contribution in [-0.2, 0) is 11.2 Å². The molecule has 5 nitrogen and oxygen atoms in total. The van der Waals surface area contributed by atoms with E-state index >= 15 is 0 Å². The predicted molar refractivity (Wildman–Crippen MR) is 113 cm³/mol. The zero-order valence-corrected chi connectivity index (χ0v) is 18.8. The van der Waals surface area contributed by atoms with Gasteiger partial charge in [0, 0.05) is 5.92 Å². The average Bonchev–Trinajstić information content (AvgIpc) is 3.35. The Kier molecular flexibility index (Phi) is 6.53. The summed E-state index contributed by atoms with van der Waals surface area (Å²) in [5.74, 6) is 2.60. The summed E-state index contributed by atoms with van der Waals surface area (Å²) in [7, 11) is 0. The highest BCUT2D eigenvalue weighted by Gasteiger charge is 2.53. The molecular weight excluding hydrogens is 400 g/mol. The fourth-order valence-electron chi connectivity index (χ4n) is 7.31. The van der Waals surface area contributed by atoms with E-state index in [1.165, 1.54) is 12.7 Å². The average molecular weight is 438 g/mol. The number of nitrogens with zero attached hydrogens (tertiary/aromatic N) is 2. The van der Waals surface area contributed by atoms with Crippen molar-refractivity contribution in [3.05, 3.63) is 12.2 Å². The summed E-state index contributed by atoms with van der Waals surface area (Å²) in [6.45, 7) is 4.45. The zero-order valence-electron chi connectivity index (χ0n) is 18.8. The molecule has 0 aliphatic heterocycles. The minimum Gasteiger partial charge on any atom is -0.384 e. The molecule has 31 heavy (non-hydrogen) atoms. The van der Waals surface area contributed by atoms with E-state index in [9.17, 15) is 18.7 Å². The van der Waals surface area contributed by atoms with E-state index in [0.717, 1.165) is 38.5 Å². The Labute approximate surface area is 183 Å². The first-order chi connectivity index (χ1) is 14.7. The van der Waals surface area contributed by atoms with E-state index in [4.69, 9.17) is 0 Å². The molecule has 0 spiro atoms. The van der Waals surface area contributed by atoms with E-state index in [1.54, 1.807) is 0 Å². The van der Waals surface area contributed by atoms with Crippen LogP contribution in [0.15, 0.2) is 6.33 Å². The fourth-order valence-corrected chi connectivity index (χ4v) is 7.31. The topological polar surface area (TPSA) is 78.9 Å². The van der Waals surface area contributed by atoms with E-state index in [-0.39, 0.29) is 35.9 Å². The molecule has 0 unspecified atom stereocenters. The monoisotopic (exact) mass is 437 g/mol. The van der Waals surface area contributed by atoms with Crippen LogP contribution in [0.5, 0.6) is 0 Å². The van der Waals surface area contributed by atoms with Gasteiger partial charge < -0.3 is 5.11 Å². The maximum Gasteiger partial charge on any atom is 0.266 e. The largest absolute Gasteiger partial charge is 0.384 e. The van der Waals surface area contributed by atoms with Crippen LogP contribution < -0.4 is 0 Å². The van der Waals surface area contributed by atoms with Crippen molar-refractivity contribution >= 4 is 5.78 Å². The number of hydrogen-bond donors (Lipinski definition) is 2. The van der Waals surface area contributed by atoms with Gasteiger partial charge in [-0.25, -0.2) is 13.8 Å². The summed E-state index contributed by atoms with van der Waals surface area (Å²) in [5, 5.41) is 17.0. The van der Waals surface area contributed by atoms with Crippen molar-refractivity contribution in [1.82, 2.24) is 15.2 Å². The van der Waals surface area contributed by atoms with Gasteiger partial charge in [-0.3, -0.25) is 9.89 Å². The number of halogens is 2. The van der Waals surface area contributed by atoms with Crippen LogP contribution in [0, 0.1) is 35.0 Å². The summed E-state index contributed by atoms with van der Waals surface area (Å²) in [6.07, 6.45) is 7.55. The highest BCUT2D eigenvalue weighted by molar-refractivity contribution is 5.83. The van der Waals surface area contributed by atoms with Crippen molar-refractivity contribution in [3.63, 3.8) is 0 Å². The molecule has 7 heteroatoms. The Hall–Kier alpha value is -1.37. The number of hydrogen-bond acceptors (Lipinski definition) is 4. The van der Waals surface area contributed by atoms with Gasteiger partial charge in [-0.2, -0.15) is 5.10 Å². The van der Waals surface area contributed by atoms with Gasteiger partial charge >= 0.3 is 0 Å². The number of carbonyl (C=O) groups is 1. The summed E-state index contributed by atoms with van der Waals surface area (Å²) >= 11 is 0. The second-order valence-electron chi connectivity index (χ2n) is 10.9. The molecule has 4 rings (SSSR count). The number of Topliss-reactive ketones (excluding diaryl/α,β-unsaturated/α-hetero) is 1. The van der Waals surface area contributed by atoms with Crippen molar-refractivity contribution in [3.8, 4) is 0 Å². The quantitative estimate of drug-likeness (QED) is 0.632. The number of aromatic amines is 1. The number of carbonyl (C=O) groups excluding carboxylic acids is 1. The Balaban J connectivity index is 1.39. The molecule has 174 valence electrons. The second kappa shape index (κ2) is 8.87. The van der Waals surface area contributed by atoms with E-state index in [1.807, 2.05) is 0 Å². The molecule has 0 aromatic carbocycles. The molecule has 0 amide bonds. The maximum absolute atomic E-state index is 13.4. The van der Waals surface area contributed by atoms with E-state index < -0.39 is 12.0 Å². The highest BCUT2D eigenvalue weighted by Crippen LogP contribution is 2.59. The molecule has 1 aromatic rings. The van der Waals surface area contributed by atoms with Crippen LogP contribution in [0.3, 0.4) is 0 Å². The fraction of sp³-hybridized carbons (Fsp3) is 0.875. The lowest BCUT2D eigenvalue weighted by atomic mass is 9.59. The van der Waals surface area contributed by atoms with Gasteiger partial charge in [-0.05, 0) is 80.5 Å². The highest BCUT2D eigenvalue weighted by atomic mass is 19.3. The summed E-state index contributed by atoms with van der Waals surface area (Å²) < 4.78 is 26.8. The first-order valence-corrected chi connectivity index (χ1v) is 12.1. The van der Waals surface area contributed by atoms with Gasteiger partial charge in [0.05, 0.1) is 6.42 Å². The maximum atomic E-state index is 13.4. The number of H-pyrrole nitrogens is 1. The molecule has 0 bridgehead atoms. The van der Waals surface area contributed by atoms with Crippen molar-refractivity contribution in [2.45, 2.75) is 96.5 Å². The van der Waals surface area contributed by atoms with Gasteiger partial charge in [0.15, 0.2) is 0 Å². The SMILES string of the molecule is C[C@H]1CC[C@](O)(C(F)F)C[C@H]1CC[C@@H]1CCC[C@]2(C)[C@@H](C(=O)Cc3ncn[nH]3)CC[C@@H]12. The number of fused-ring (bicyclic) bond motifs is 1. The number of aliphatic hydroxyl groups is 1. The van der Waals surface area contributed by atoms with E-state index in [2.05, 4.69) is 29.0 Å². The molecular formula is C24H37F2N3O2. The van der Waals surface area contributed by atoms with Gasteiger partial charge in [0.2, 0.25) is 0 Å². The first kappa shape index (κ1) is 22.8. The minimum absolute atomic E-state index is 0.0297. The van der Waals surface area contributed by atoms with Crippen molar-refractivity contribution in [2.24, 2.45) is 35.0 Å². The summed E-state index contributed by atoms with van der Waals surface area (Å²) in [5.41, 5.74) is -1.77. The molecule has 3 aliphatic carbocycles. The lowest BCUT2D eigenvalue weighted by Crippen LogP contribution is -2.44. The Morgan fingerprint density at radius 2 is 2.00 bits per heavy atom. The number of nitrogens with one attached hydrogen (secondary N) is 1. The van der Waals surface area contributed by atoms with Crippen LogP contribution in [-0.4, -0.2) is 38.1 Å². The molecule has 3 fully saturated rings. The van der Waals surface area contributed by atoms with Crippen LogP contribution in [0.2, 0.25) is 0 Å². The van der Waals surface area contributed by atoms with Gasteiger partial charge in [-0.1, -0.05) is 26.7 Å². The van der Waals surface area contributed by atoms with Crippen LogP contribution >= 0.6 is 0 Å². The Bertz CT molecular complexity index is 758. The molecule has 0 radical (unpaired) electrons. The smallest absolute Gasteiger partial charge is 0.266 e. The molecule has 7 atom stereocenters. The van der Waals surface area contributed by atoms with Gasteiger partial charge in [-0.15, -0.1) is 0 Å². The third-order valence-electron chi connectivity index (χ3n) is 9.23. The number of alkyl halides is 2. The standard InChI is InChI=1S/C24H37F2N3O2/c1-15-9-11-24(31,22(25)26)13-17(15)6-5-16-4-3-10-23(2)18(16)7-8-19(23)20(30)12-21-27-14-28-29-21/h14-19,22,31H,3-13H2,1-2H3,(H,27,28,29)/t15-,16-,17+,18-,19+,23-,24+/m0/s1. The molecule has 3 saturated carbocycles. The molecule has 2 N–H and O–H groups in total. The first-order valence-electron chi connectivity index (χ1n) is 12.1. The third kappa shape index (κ3) is 4.44. The number of aromatic nitrogens is 3. The van der Waals surface area contributed by atoms with Crippen molar-refractivity contribution < 1.29 is 18.7 Å². The van der Waals surface area contributed by atoms with Crippen molar-refractivity contribution in [1.29, 1.82) is 0 Å². The Morgan fingerprint density at radius 1 is 1.23 bits per heavy atom. The van der Waals surface area contributed by atoms with Crippen molar-refractivity contribution in [2.75, 3.05) is 0 Å². The molecule has 3 aliphatic rings. The van der Waals surface area contributed by atoms with Gasteiger partial charge in [0.1, 0.15) is 23.5 Å². The minimum atomic E-state index is -2.66. The molecule has 1 heterocycles. The zero-order chi connectivity index (χ0) is 22.2. The van der Waals surface area contributed by atoms with Crippen LogP contribution in [0.1, 0.15) is 83.9 Å². The molecule has 1 aromatic heterocycles.